The van der Waals surface area contributed by atoms with Crippen molar-refractivity contribution in [2.24, 2.45) is 0 Å². The zero-order chi connectivity index (χ0) is 12.1. The van der Waals surface area contributed by atoms with Gasteiger partial charge in [0.1, 0.15) is 11.8 Å². The SMILES string of the molecule is CONc1cccnc1OC1CCC(O)CC1. The van der Waals surface area contributed by atoms with Crippen molar-refractivity contribution in [2.45, 2.75) is 37.9 Å². The molecule has 1 fully saturated rings. The van der Waals surface area contributed by atoms with Crippen LogP contribution in [-0.4, -0.2) is 29.4 Å². The molecule has 5 nitrogen and oxygen atoms in total. The van der Waals surface area contributed by atoms with Crippen molar-refractivity contribution in [1.29, 1.82) is 0 Å². The number of hydrogen-bond acceptors (Lipinski definition) is 5. The van der Waals surface area contributed by atoms with Crippen LogP contribution in [0.2, 0.25) is 0 Å². The Morgan fingerprint density at radius 2 is 2.12 bits per heavy atom. The van der Waals surface area contributed by atoms with Crippen LogP contribution < -0.4 is 10.2 Å². The standard InChI is InChI=1S/C12H18N2O3/c1-16-14-11-3-2-8-13-12(11)17-10-6-4-9(15)5-7-10/h2-3,8-10,14-15H,4-7H2,1H3. The summed E-state index contributed by atoms with van der Waals surface area (Å²) in [4.78, 5) is 9.05. The Hall–Kier alpha value is -1.33. The number of nitrogens with one attached hydrogen (secondary N) is 1. The minimum Gasteiger partial charge on any atom is -0.473 e. The number of anilines is 1. The van der Waals surface area contributed by atoms with E-state index in [0.29, 0.717) is 5.88 Å². The molecule has 0 radical (unpaired) electrons. The number of aliphatic hydroxyl groups excluding tert-OH is 1. The summed E-state index contributed by atoms with van der Waals surface area (Å²) in [6, 6.07) is 3.67. The van der Waals surface area contributed by atoms with Crippen molar-refractivity contribution < 1.29 is 14.7 Å². The van der Waals surface area contributed by atoms with Crippen LogP contribution >= 0.6 is 0 Å². The molecule has 1 heterocycles. The van der Waals surface area contributed by atoms with Crippen molar-refractivity contribution in [3.8, 4) is 5.88 Å². The zero-order valence-corrected chi connectivity index (χ0v) is 9.93. The van der Waals surface area contributed by atoms with Gasteiger partial charge in [0.25, 0.3) is 0 Å². The van der Waals surface area contributed by atoms with E-state index >= 15 is 0 Å². The molecule has 17 heavy (non-hydrogen) atoms. The fourth-order valence-corrected chi connectivity index (χ4v) is 1.99. The van der Waals surface area contributed by atoms with E-state index in [9.17, 15) is 5.11 Å². The Balaban J connectivity index is 1.98. The van der Waals surface area contributed by atoms with Crippen molar-refractivity contribution in [3.63, 3.8) is 0 Å². The van der Waals surface area contributed by atoms with Gasteiger partial charge in [0.05, 0.1) is 13.2 Å². The molecule has 0 atom stereocenters. The average molecular weight is 238 g/mol. The first-order valence-electron chi connectivity index (χ1n) is 5.88. The van der Waals surface area contributed by atoms with E-state index in [0.717, 1.165) is 31.4 Å². The molecule has 2 rings (SSSR count). The summed E-state index contributed by atoms with van der Waals surface area (Å²) in [5.74, 6) is 0.552. The van der Waals surface area contributed by atoms with Gasteiger partial charge in [0.15, 0.2) is 0 Å². The highest BCUT2D eigenvalue weighted by Gasteiger charge is 2.21. The Morgan fingerprint density at radius 1 is 1.35 bits per heavy atom. The molecule has 1 aromatic rings. The number of ether oxygens (including phenoxy) is 1. The lowest BCUT2D eigenvalue weighted by Crippen LogP contribution is -2.27. The molecule has 1 aliphatic rings. The predicted molar refractivity (Wildman–Crippen MR) is 63.8 cm³/mol. The highest BCUT2D eigenvalue weighted by molar-refractivity contribution is 5.50. The summed E-state index contributed by atoms with van der Waals surface area (Å²) in [7, 11) is 1.55. The summed E-state index contributed by atoms with van der Waals surface area (Å²) >= 11 is 0. The van der Waals surface area contributed by atoms with E-state index < -0.39 is 0 Å². The molecule has 0 unspecified atom stereocenters. The Morgan fingerprint density at radius 3 is 2.82 bits per heavy atom. The first-order chi connectivity index (χ1) is 8.29. The third-order valence-corrected chi connectivity index (χ3v) is 2.91. The van der Waals surface area contributed by atoms with E-state index in [2.05, 4.69) is 10.5 Å². The van der Waals surface area contributed by atoms with Crippen LogP contribution in [-0.2, 0) is 4.84 Å². The van der Waals surface area contributed by atoms with Crippen LogP contribution in [0.4, 0.5) is 5.69 Å². The fraction of sp³-hybridized carbons (Fsp3) is 0.583. The molecule has 1 aliphatic carbocycles. The molecule has 0 aliphatic heterocycles. The maximum atomic E-state index is 9.43. The van der Waals surface area contributed by atoms with Crippen LogP contribution in [0.15, 0.2) is 18.3 Å². The molecule has 1 aromatic heterocycles. The van der Waals surface area contributed by atoms with Gasteiger partial charge in [-0.15, -0.1) is 0 Å². The second-order valence-corrected chi connectivity index (χ2v) is 4.21. The lowest BCUT2D eigenvalue weighted by molar-refractivity contribution is 0.0643. The summed E-state index contributed by atoms with van der Waals surface area (Å²) in [5, 5.41) is 9.43. The largest absolute Gasteiger partial charge is 0.473 e. The van der Waals surface area contributed by atoms with E-state index in [1.807, 2.05) is 12.1 Å². The van der Waals surface area contributed by atoms with Crippen LogP contribution in [0, 0.1) is 0 Å². The minimum absolute atomic E-state index is 0.130. The smallest absolute Gasteiger partial charge is 0.239 e. The topological polar surface area (TPSA) is 63.6 Å². The summed E-state index contributed by atoms with van der Waals surface area (Å²) in [6.45, 7) is 0. The number of pyridine rings is 1. The lowest BCUT2D eigenvalue weighted by atomic mass is 9.95. The van der Waals surface area contributed by atoms with Gasteiger partial charge < -0.3 is 9.84 Å². The fourth-order valence-electron chi connectivity index (χ4n) is 1.99. The third kappa shape index (κ3) is 3.31. The van der Waals surface area contributed by atoms with E-state index in [1.54, 1.807) is 13.3 Å². The van der Waals surface area contributed by atoms with Crippen LogP contribution in [0.1, 0.15) is 25.7 Å². The Bertz CT molecular complexity index is 351. The lowest BCUT2D eigenvalue weighted by Gasteiger charge is -2.26. The minimum atomic E-state index is -0.171. The van der Waals surface area contributed by atoms with Gasteiger partial charge in [-0.3, -0.25) is 10.3 Å². The third-order valence-electron chi connectivity index (χ3n) is 2.91. The maximum absolute atomic E-state index is 9.43. The van der Waals surface area contributed by atoms with Gasteiger partial charge in [0.2, 0.25) is 5.88 Å². The van der Waals surface area contributed by atoms with E-state index in [-0.39, 0.29) is 12.2 Å². The van der Waals surface area contributed by atoms with Crippen molar-refractivity contribution in [1.82, 2.24) is 4.98 Å². The van der Waals surface area contributed by atoms with Gasteiger partial charge >= 0.3 is 0 Å². The van der Waals surface area contributed by atoms with Crippen LogP contribution in [0.3, 0.4) is 0 Å². The number of hydrogen-bond donors (Lipinski definition) is 2. The first-order valence-corrected chi connectivity index (χ1v) is 5.88. The molecule has 0 bridgehead atoms. The van der Waals surface area contributed by atoms with Crippen LogP contribution in [0.25, 0.3) is 0 Å². The molecule has 5 heteroatoms. The normalized spacial score (nSPS) is 24.4. The monoisotopic (exact) mass is 238 g/mol. The molecule has 0 amide bonds. The number of aliphatic hydroxyl groups is 1. The predicted octanol–water partition coefficient (Wildman–Crippen LogP) is 1.74. The number of aromatic nitrogens is 1. The summed E-state index contributed by atoms with van der Waals surface area (Å²) in [6.07, 6.45) is 4.97. The van der Waals surface area contributed by atoms with Crippen LogP contribution in [0.5, 0.6) is 5.88 Å². The second-order valence-electron chi connectivity index (χ2n) is 4.21. The molecule has 2 N–H and O–H groups in total. The molecular formula is C12H18N2O3. The molecule has 94 valence electrons. The molecular weight excluding hydrogens is 220 g/mol. The number of nitrogens with zero attached hydrogens (tertiary/aromatic N) is 1. The Kier molecular flexibility index (Phi) is 4.17. The maximum Gasteiger partial charge on any atom is 0.239 e. The summed E-state index contributed by atoms with van der Waals surface area (Å²) < 4.78 is 5.82. The Labute approximate surface area is 101 Å². The van der Waals surface area contributed by atoms with Gasteiger partial charge in [-0.05, 0) is 37.8 Å². The highest BCUT2D eigenvalue weighted by Crippen LogP contribution is 2.27. The van der Waals surface area contributed by atoms with E-state index in [4.69, 9.17) is 9.57 Å². The van der Waals surface area contributed by atoms with Gasteiger partial charge in [0, 0.05) is 6.20 Å². The highest BCUT2D eigenvalue weighted by atomic mass is 16.6. The van der Waals surface area contributed by atoms with Gasteiger partial charge in [-0.1, -0.05) is 0 Å². The summed E-state index contributed by atoms with van der Waals surface area (Å²) in [5.41, 5.74) is 3.46. The van der Waals surface area contributed by atoms with E-state index in [1.165, 1.54) is 0 Å². The van der Waals surface area contributed by atoms with Crippen molar-refractivity contribution in [2.75, 3.05) is 12.6 Å². The second kappa shape index (κ2) is 5.84. The van der Waals surface area contributed by atoms with Crippen molar-refractivity contribution >= 4 is 5.69 Å². The van der Waals surface area contributed by atoms with Crippen molar-refractivity contribution in [3.05, 3.63) is 18.3 Å². The first kappa shape index (κ1) is 12.1. The molecule has 0 saturated heterocycles. The van der Waals surface area contributed by atoms with Gasteiger partial charge in [-0.25, -0.2) is 4.98 Å². The van der Waals surface area contributed by atoms with Gasteiger partial charge in [-0.2, -0.15) is 0 Å². The molecule has 0 spiro atoms. The molecule has 1 saturated carbocycles. The quantitative estimate of drug-likeness (QED) is 0.782. The average Bonchev–Trinajstić information content (AvgIpc) is 2.35. The number of rotatable bonds is 4. The molecule has 0 aromatic carbocycles. The zero-order valence-electron chi connectivity index (χ0n) is 9.93.